The van der Waals surface area contributed by atoms with Crippen molar-refractivity contribution in [2.75, 3.05) is 4.90 Å². The summed E-state index contributed by atoms with van der Waals surface area (Å²) in [7, 11) is 0. The number of hydrogen-bond acceptors (Lipinski definition) is 4. The van der Waals surface area contributed by atoms with E-state index in [1.54, 1.807) is 13.0 Å². The van der Waals surface area contributed by atoms with Crippen molar-refractivity contribution >= 4 is 23.3 Å². The minimum absolute atomic E-state index is 0.0495. The van der Waals surface area contributed by atoms with E-state index in [1.807, 2.05) is 0 Å². The van der Waals surface area contributed by atoms with E-state index in [-0.39, 0.29) is 5.03 Å². The van der Waals surface area contributed by atoms with Gasteiger partial charge in [0.15, 0.2) is 12.0 Å². The summed E-state index contributed by atoms with van der Waals surface area (Å²) in [4.78, 5) is 13.0. The van der Waals surface area contributed by atoms with Gasteiger partial charge < -0.3 is 9.63 Å². The third-order valence-electron chi connectivity index (χ3n) is 3.13. The maximum absolute atomic E-state index is 11.8. The topological polar surface area (TPSA) is 66.6 Å². The molecule has 6 heteroatoms. The fourth-order valence-electron chi connectivity index (χ4n) is 1.87. The Morgan fingerprint density at radius 1 is 1.59 bits per heavy atom. The zero-order chi connectivity index (χ0) is 12.2. The minimum Gasteiger partial charge on any atom is -0.369 e. The van der Waals surface area contributed by atoms with E-state index in [0.717, 1.165) is 23.5 Å². The van der Waals surface area contributed by atoms with Crippen LogP contribution < -0.4 is 4.90 Å². The molecule has 17 heavy (non-hydrogen) atoms. The summed E-state index contributed by atoms with van der Waals surface area (Å²) in [5, 5.41) is 13.8. The van der Waals surface area contributed by atoms with Gasteiger partial charge in [-0.15, -0.1) is 0 Å². The summed E-state index contributed by atoms with van der Waals surface area (Å²) in [6.45, 7) is 1.62. The van der Waals surface area contributed by atoms with Gasteiger partial charge in [0.25, 0.3) is 5.91 Å². The summed E-state index contributed by atoms with van der Waals surface area (Å²) in [6, 6.07) is 1.70. The van der Waals surface area contributed by atoms with E-state index in [4.69, 9.17) is 16.1 Å². The number of nitrogens with zero attached hydrogens (tertiary/aromatic N) is 2. The molecule has 0 aromatic carbocycles. The van der Waals surface area contributed by atoms with Gasteiger partial charge in [0.1, 0.15) is 10.8 Å². The number of amides is 1. The van der Waals surface area contributed by atoms with Gasteiger partial charge in [0, 0.05) is 17.6 Å². The van der Waals surface area contributed by atoms with Gasteiger partial charge in [-0.25, -0.2) is 0 Å². The maximum Gasteiger partial charge on any atom is 0.273 e. The summed E-state index contributed by atoms with van der Waals surface area (Å²) < 4.78 is 5.15. The zero-order valence-electron chi connectivity index (χ0n) is 9.18. The quantitative estimate of drug-likeness (QED) is 0.873. The fourth-order valence-corrected chi connectivity index (χ4v) is 2.06. The summed E-state index contributed by atoms with van der Waals surface area (Å²) in [5.74, 6) is 1.06. The number of carbonyl (C=O) groups is 1. The van der Waals surface area contributed by atoms with E-state index >= 15 is 0 Å². The lowest BCUT2D eigenvalue weighted by Gasteiger charge is -2.17. The van der Waals surface area contributed by atoms with Crippen molar-refractivity contribution in [2.24, 2.45) is 0 Å². The largest absolute Gasteiger partial charge is 0.369 e. The fraction of sp³-hybridized carbons (Fsp3) is 0.455. The Hall–Kier alpha value is -1.33. The molecule has 3 rings (SSSR count). The molecule has 1 atom stereocenters. The van der Waals surface area contributed by atoms with E-state index in [0.29, 0.717) is 17.3 Å². The Morgan fingerprint density at radius 3 is 2.82 bits per heavy atom. The molecule has 90 valence electrons. The molecule has 1 unspecified atom stereocenters. The van der Waals surface area contributed by atoms with Crippen LogP contribution in [0.1, 0.15) is 31.4 Å². The average molecular weight is 255 g/mol. The van der Waals surface area contributed by atoms with Gasteiger partial charge in [0.05, 0.1) is 0 Å². The lowest BCUT2D eigenvalue weighted by Crippen LogP contribution is -2.35. The maximum atomic E-state index is 11.8. The van der Waals surface area contributed by atoms with Crippen molar-refractivity contribution in [3.05, 3.63) is 22.4 Å². The highest BCUT2D eigenvalue weighted by Crippen LogP contribution is 2.42. The molecule has 0 spiro atoms. The Bertz CT molecular complexity index is 519. The second kappa shape index (κ2) is 3.58. The van der Waals surface area contributed by atoms with Gasteiger partial charge in [-0.05, 0) is 19.8 Å². The third kappa shape index (κ3) is 1.57. The van der Waals surface area contributed by atoms with Gasteiger partial charge in [-0.3, -0.25) is 9.69 Å². The average Bonchev–Trinajstić information content (AvgIpc) is 3.03. The Morgan fingerprint density at radius 2 is 2.29 bits per heavy atom. The van der Waals surface area contributed by atoms with Gasteiger partial charge in [-0.1, -0.05) is 16.8 Å². The molecule has 1 aliphatic heterocycles. The molecule has 1 aromatic rings. The molecule has 0 bridgehead atoms. The Balaban J connectivity index is 1.91. The molecular formula is C11H11ClN2O3. The summed E-state index contributed by atoms with van der Waals surface area (Å²) in [5.41, 5.74) is 0.438. The number of rotatable bonds is 2. The van der Waals surface area contributed by atoms with Crippen LogP contribution in [0.3, 0.4) is 0 Å². The molecular weight excluding hydrogens is 244 g/mol. The minimum atomic E-state index is -1.05. The van der Waals surface area contributed by atoms with Crippen LogP contribution in [0.4, 0.5) is 5.82 Å². The molecule has 2 aliphatic rings. The first-order valence-corrected chi connectivity index (χ1v) is 5.82. The summed E-state index contributed by atoms with van der Waals surface area (Å²) >= 11 is 5.80. The number of halogens is 1. The van der Waals surface area contributed by atoms with Crippen LogP contribution in [-0.2, 0) is 4.79 Å². The first-order chi connectivity index (χ1) is 8.09. The molecule has 1 N–H and O–H groups in total. The van der Waals surface area contributed by atoms with Gasteiger partial charge >= 0.3 is 0 Å². The lowest BCUT2D eigenvalue weighted by atomic mass is 10.3. The van der Waals surface area contributed by atoms with E-state index in [9.17, 15) is 9.90 Å². The smallest absolute Gasteiger partial charge is 0.273 e. The molecule has 1 aromatic heterocycles. The Kier molecular flexibility index (Phi) is 2.27. The molecule has 0 saturated heterocycles. The molecule has 1 aliphatic carbocycles. The standard InChI is InChI=1S/C11H11ClN2O3/c1-5-9(12)11(16)14(10(5)15)8-4-7(17-13-8)6-2-3-6/h4,6,10,15H,2-3H2,1H3. The van der Waals surface area contributed by atoms with E-state index in [1.165, 1.54) is 0 Å². The van der Waals surface area contributed by atoms with Crippen LogP contribution in [0.25, 0.3) is 0 Å². The van der Waals surface area contributed by atoms with Crippen molar-refractivity contribution in [1.82, 2.24) is 5.16 Å². The van der Waals surface area contributed by atoms with Crippen LogP contribution in [-0.4, -0.2) is 22.4 Å². The van der Waals surface area contributed by atoms with Crippen molar-refractivity contribution < 1.29 is 14.4 Å². The molecule has 5 nitrogen and oxygen atoms in total. The van der Waals surface area contributed by atoms with E-state index in [2.05, 4.69) is 5.16 Å². The van der Waals surface area contributed by atoms with Crippen LogP contribution in [0, 0.1) is 0 Å². The van der Waals surface area contributed by atoms with Crippen LogP contribution in [0.2, 0.25) is 0 Å². The number of carbonyl (C=O) groups excluding carboxylic acids is 1. The number of anilines is 1. The summed E-state index contributed by atoms with van der Waals surface area (Å²) in [6.07, 6.45) is 1.12. The van der Waals surface area contributed by atoms with Crippen LogP contribution >= 0.6 is 11.6 Å². The predicted octanol–water partition coefficient (Wildman–Crippen LogP) is 1.73. The van der Waals surface area contributed by atoms with E-state index < -0.39 is 12.1 Å². The normalized spacial score (nSPS) is 25.0. The van der Waals surface area contributed by atoms with Crippen molar-refractivity contribution in [2.45, 2.75) is 31.9 Å². The number of aliphatic hydroxyl groups is 1. The zero-order valence-corrected chi connectivity index (χ0v) is 9.94. The van der Waals surface area contributed by atoms with Gasteiger partial charge in [-0.2, -0.15) is 0 Å². The Labute approximate surface area is 103 Å². The number of aliphatic hydroxyl groups excluding tert-OH is 1. The highest BCUT2D eigenvalue weighted by Gasteiger charge is 2.38. The van der Waals surface area contributed by atoms with Crippen molar-refractivity contribution in [3.63, 3.8) is 0 Å². The molecule has 0 radical (unpaired) electrons. The highest BCUT2D eigenvalue weighted by molar-refractivity contribution is 6.45. The van der Waals surface area contributed by atoms with Crippen molar-refractivity contribution in [1.29, 1.82) is 0 Å². The predicted molar refractivity (Wildman–Crippen MR) is 60.5 cm³/mol. The van der Waals surface area contributed by atoms with Gasteiger partial charge in [0.2, 0.25) is 0 Å². The van der Waals surface area contributed by atoms with Crippen LogP contribution in [0.5, 0.6) is 0 Å². The SMILES string of the molecule is CC1=C(Cl)C(=O)N(c2cc(C3CC3)on2)C1O. The second-order valence-electron chi connectivity index (χ2n) is 4.41. The molecule has 1 amide bonds. The second-order valence-corrected chi connectivity index (χ2v) is 4.79. The van der Waals surface area contributed by atoms with Crippen molar-refractivity contribution in [3.8, 4) is 0 Å². The number of hydrogen-bond donors (Lipinski definition) is 1. The molecule has 1 saturated carbocycles. The third-order valence-corrected chi connectivity index (χ3v) is 3.59. The highest BCUT2D eigenvalue weighted by atomic mass is 35.5. The first-order valence-electron chi connectivity index (χ1n) is 5.44. The molecule has 2 heterocycles. The number of aromatic nitrogens is 1. The first kappa shape index (κ1) is 10.8. The lowest BCUT2D eigenvalue weighted by molar-refractivity contribution is -0.115. The molecule has 1 fully saturated rings. The van der Waals surface area contributed by atoms with Crippen LogP contribution in [0.15, 0.2) is 21.2 Å². The monoisotopic (exact) mass is 254 g/mol.